The second-order valence-corrected chi connectivity index (χ2v) is 11.7. The van der Waals surface area contributed by atoms with E-state index in [1.54, 1.807) is 11.0 Å². The van der Waals surface area contributed by atoms with E-state index >= 15 is 0 Å². The minimum absolute atomic E-state index is 0. The maximum atomic E-state index is 13.8. The number of amides is 1. The number of likely N-dealkylation sites (tertiary alicyclic amines) is 1. The highest BCUT2D eigenvalue weighted by molar-refractivity contribution is 5.96. The number of benzene rings is 2. The molecule has 2 aromatic rings. The molecular formula is C32H45Cl3FN5O2. The molecule has 2 aromatic carbocycles. The van der Waals surface area contributed by atoms with Gasteiger partial charge in [-0.15, -0.1) is 37.2 Å². The average molecular weight is 657 g/mol. The van der Waals surface area contributed by atoms with Crippen LogP contribution in [0.5, 0.6) is 0 Å². The topological polar surface area (TPSA) is 82.8 Å². The van der Waals surface area contributed by atoms with Crippen molar-refractivity contribution in [3.8, 4) is 6.07 Å². The molecule has 5 rings (SSSR count). The van der Waals surface area contributed by atoms with Crippen LogP contribution in [0.25, 0.3) is 0 Å². The summed E-state index contributed by atoms with van der Waals surface area (Å²) < 4.78 is 13.8. The van der Waals surface area contributed by atoms with E-state index in [-0.39, 0.29) is 61.5 Å². The number of likely N-dealkylation sites (N-methyl/N-ethyl adjacent to an activating group) is 1. The Hall–Kier alpha value is -1.96. The summed E-state index contributed by atoms with van der Waals surface area (Å²) in [5, 5.41) is 22.5. The molecule has 43 heavy (non-hydrogen) atoms. The van der Waals surface area contributed by atoms with Crippen molar-refractivity contribution in [2.24, 2.45) is 0 Å². The third kappa shape index (κ3) is 9.04. The number of nitrogens with zero attached hydrogens (tertiary/aromatic N) is 4. The molecule has 0 spiro atoms. The summed E-state index contributed by atoms with van der Waals surface area (Å²) in [5.74, 6) is -0.226. The van der Waals surface area contributed by atoms with Crippen molar-refractivity contribution in [1.29, 1.82) is 5.26 Å². The van der Waals surface area contributed by atoms with Crippen LogP contribution in [0.4, 0.5) is 4.39 Å². The Balaban J connectivity index is 0.00000215. The lowest BCUT2D eigenvalue weighted by atomic mass is 9.86. The summed E-state index contributed by atoms with van der Waals surface area (Å²) >= 11 is 0. The van der Waals surface area contributed by atoms with Crippen LogP contribution in [0, 0.1) is 17.1 Å². The first kappa shape index (κ1) is 37.2. The third-order valence-corrected chi connectivity index (χ3v) is 9.07. The summed E-state index contributed by atoms with van der Waals surface area (Å²) in [6.07, 6.45) is 5.61. The molecule has 2 aliphatic heterocycles. The fourth-order valence-corrected chi connectivity index (χ4v) is 6.79. The Labute approximate surface area is 274 Å². The molecular weight excluding hydrogens is 612 g/mol. The number of piperazine rings is 1. The number of carbonyl (C=O) groups excluding carboxylic acids is 1. The molecule has 2 saturated heterocycles. The molecule has 2 heterocycles. The fourth-order valence-electron chi connectivity index (χ4n) is 6.79. The third-order valence-electron chi connectivity index (χ3n) is 9.07. The van der Waals surface area contributed by atoms with Crippen LogP contribution < -0.4 is 5.32 Å². The first-order valence-electron chi connectivity index (χ1n) is 14.8. The van der Waals surface area contributed by atoms with Gasteiger partial charge in [0, 0.05) is 76.5 Å². The van der Waals surface area contributed by atoms with Crippen molar-refractivity contribution < 1.29 is 14.3 Å². The van der Waals surface area contributed by atoms with E-state index in [4.69, 9.17) is 0 Å². The number of aryl methyl sites for hydroxylation is 1. The van der Waals surface area contributed by atoms with E-state index in [0.717, 1.165) is 94.5 Å². The molecule has 2 atom stereocenters. The summed E-state index contributed by atoms with van der Waals surface area (Å²) in [4.78, 5) is 20.5. The van der Waals surface area contributed by atoms with Gasteiger partial charge in [-0.1, -0.05) is 12.1 Å². The highest BCUT2D eigenvalue weighted by Gasteiger charge is 2.36. The van der Waals surface area contributed by atoms with Gasteiger partial charge in [-0.05, 0) is 86.0 Å². The van der Waals surface area contributed by atoms with Crippen molar-refractivity contribution in [2.45, 2.75) is 56.5 Å². The Morgan fingerprint density at radius 2 is 1.88 bits per heavy atom. The van der Waals surface area contributed by atoms with E-state index in [9.17, 15) is 19.6 Å². The normalized spacial score (nSPS) is 19.3. The molecule has 0 saturated carbocycles. The van der Waals surface area contributed by atoms with Crippen molar-refractivity contribution in [2.75, 3.05) is 59.5 Å². The van der Waals surface area contributed by atoms with Crippen molar-refractivity contribution >= 4 is 43.1 Å². The number of rotatable bonds is 10. The van der Waals surface area contributed by atoms with Gasteiger partial charge < -0.3 is 20.2 Å². The van der Waals surface area contributed by atoms with Gasteiger partial charge >= 0.3 is 0 Å². The Morgan fingerprint density at radius 1 is 1.16 bits per heavy atom. The lowest BCUT2D eigenvalue weighted by Crippen LogP contribution is -2.66. The molecule has 2 N–H and O–H groups in total. The van der Waals surface area contributed by atoms with Gasteiger partial charge in [-0.2, -0.15) is 5.26 Å². The molecule has 2 fully saturated rings. The summed E-state index contributed by atoms with van der Waals surface area (Å²) in [6.45, 7) is 6.64. The van der Waals surface area contributed by atoms with Gasteiger partial charge in [-0.25, -0.2) is 4.39 Å². The van der Waals surface area contributed by atoms with Gasteiger partial charge in [-0.3, -0.25) is 9.69 Å². The predicted molar refractivity (Wildman–Crippen MR) is 176 cm³/mol. The SMILES string of the molecule is CN(C[C@@H](CCN1CC(N2CCNCC2CCO)C1)c1ccc(F)cc1)C(=O)c1cc(C#N)cc2c1CCCC2.Cl.Cl.Cl. The fraction of sp³-hybridized carbons (Fsp3) is 0.562. The van der Waals surface area contributed by atoms with E-state index in [1.165, 1.54) is 12.1 Å². The van der Waals surface area contributed by atoms with E-state index in [2.05, 4.69) is 21.2 Å². The maximum Gasteiger partial charge on any atom is 0.253 e. The number of nitrogens with one attached hydrogen (secondary N) is 1. The van der Waals surface area contributed by atoms with Crippen LogP contribution >= 0.6 is 37.2 Å². The molecule has 238 valence electrons. The second-order valence-electron chi connectivity index (χ2n) is 11.7. The molecule has 1 amide bonds. The minimum Gasteiger partial charge on any atom is -0.396 e. The predicted octanol–water partition coefficient (Wildman–Crippen LogP) is 4.43. The highest BCUT2D eigenvalue weighted by atomic mass is 35.5. The lowest BCUT2D eigenvalue weighted by Gasteiger charge is -2.50. The molecule has 7 nitrogen and oxygen atoms in total. The van der Waals surface area contributed by atoms with Crippen molar-refractivity contribution in [3.05, 3.63) is 70.0 Å². The molecule has 0 bridgehead atoms. The summed E-state index contributed by atoms with van der Waals surface area (Å²) in [7, 11) is 1.85. The molecule has 1 aliphatic carbocycles. The molecule has 11 heteroatoms. The number of halogens is 4. The van der Waals surface area contributed by atoms with Gasteiger partial charge in [0.25, 0.3) is 5.91 Å². The Kier molecular flexibility index (Phi) is 15.2. The van der Waals surface area contributed by atoms with Crippen molar-refractivity contribution in [3.63, 3.8) is 0 Å². The van der Waals surface area contributed by atoms with Crippen LogP contribution in [-0.4, -0.2) is 97.3 Å². The van der Waals surface area contributed by atoms with Crippen LogP contribution in [0.3, 0.4) is 0 Å². The minimum atomic E-state index is -0.258. The van der Waals surface area contributed by atoms with Crippen LogP contribution in [0.15, 0.2) is 36.4 Å². The maximum absolute atomic E-state index is 13.8. The van der Waals surface area contributed by atoms with Gasteiger partial charge in [0.1, 0.15) is 5.82 Å². The molecule has 0 radical (unpaired) electrons. The zero-order chi connectivity index (χ0) is 28.1. The standard InChI is InChI=1S/C32H42FN5O2.3ClH/c1-36(32(40)31-17-23(18-34)16-25-4-2-3-5-30(25)31)20-26(24-6-8-27(33)9-7-24)10-13-37-21-29(22-37)38-14-12-35-19-28(38)11-15-39;;;/h6-9,16-17,26,28-29,35,39H,2-5,10-15,19-22H2,1H3;3*1H/t26-,28?;;;/m1.../s1. The largest absolute Gasteiger partial charge is 0.396 e. The first-order valence-corrected chi connectivity index (χ1v) is 14.8. The number of aliphatic hydroxyl groups is 1. The first-order chi connectivity index (χ1) is 19.5. The molecule has 1 unspecified atom stereocenters. The molecule has 3 aliphatic rings. The summed E-state index contributed by atoms with van der Waals surface area (Å²) in [5.41, 5.74) is 4.48. The number of hydrogen-bond donors (Lipinski definition) is 2. The summed E-state index contributed by atoms with van der Waals surface area (Å²) in [6, 6.07) is 13.5. The highest BCUT2D eigenvalue weighted by Crippen LogP contribution is 2.29. The van der Waals surface area contributed by atoms with Crippen LogP contribution in [0.1, 0.15) is 64.2 Å². The Morgan fingerprint density at radius 3 is 2.58 bits per heavy atom. The van der Waals surface area contributed by atoms with Crippen LogP contribution in [0.2, 0.25) is 0 Å². The molecule has 0 aromatic heterocycles. The lowest BCUT2D eigenvalue weighted by molar-refractivity contribution is -0.00904. The second kappa shape index (κ2) is 17.5. The Bertz CT molecular complexity index is 1220. The average Bonchev–Trinajstić information content (AvgIpc) is 2.96. The van der Waals surface area contributed by atoms with E-state index < -0.39 is 0 Å². The number of hydrogen-bond acceptors (Lipinski definition) is 6. The van der Waals surface area contributed by atoms with Gasteiger partial charge in [0.2, 0.25) is 0 Å². The van der Waals surface area contributed by atoms with E-state index in [1.807, 2.05) is 25.2 Å². The van der Waals surface area contributed by atoms with Crippen molar-refractivity contribution in [1.82, 2.24) is 20.0 Å². The van der Waals surface area contributed by atoms with Gasteiger partial charge in [0.05, 0.1) is 11.6 Å². The quantitative estimate of drug-likeness (QED) is 0.394. The van der Waals surface area contributed by atoms with Crippen LogP contribution in [-0.2, 0) is 12.8 Å². The van der Waals surface area contributed by atoms with Gasteiger partial charge in [0.15, 0.2) is 0 Å². The number of nitriles is 1. The monoisotopic (exact) mass is 655 g/mol. The van der Waals surface area contributed by atoms with E-state index in [0.29, 0.717) is 29.8 Å². The number of carbonyl (C=O) groups is 1. The zero-order valence-corrected chi connectivity index (χ0v) is 27.3. The number of fused-ring (bicyclic) bond motifs is 1. The number of aliphatic hydroxyl groups excluding tert-OH is 1. The zero-order valence-electron chi connectivity index (χ0n) is 24.8. The smallest absolute Gasteiger partial charge is 0.253 e.